The SMILES string of the molecule is CCOC(=O)Cc1c2n(c3ncccc13)CC(NC)CC2. The van der Waals surface area contributed by atoms with Crippen LogP contribution in [0.3, 0.4) is 0 Å². The van der Waals surface area contributed by atoms with Crippen LogP contribution in [0.2, 0.25) is 0 Å². The van der Waals surface area contributed by atoms with Gasteiger partial charge in [-0.15, -0.1) is 0 Å². The fraction of sp³-hybridized carbons (Fsp3) is 0.500. The monoisotopic (exact) mass is 287 g/mol. The molecule has 1 aliphatic rings. The van der Waals surface area contributed by atoms with Gasteiger partial charge in [0.1, 0.15) is 5.65 Å². The smallest absolute Gasteiger partial charge is 0.310 e. The number of carbonyl (C=O) groups excluding carboxylic acids is 1. The summed E-state index contributed by atoms with van der Waals surface area (Å²) in [5.41, 5.74) is 3.31. The number of aromatic nitrogens is 2. The van der Waals surface area contributed by atoms with E-state index in [1.165, 1.54) is 5.69 Å². The Bertz CT molecular complexity index is 663. The molecule has 0 fully saturated rings. The molecule has 3 heterocycles. The molecule has 1 unspecified atom stereocenters. The molecule has 5 nitrogen and oxygen atoms in total. The van der Waals surface area contributed by atoms with E-state index in [-0.39, 0.29) is 5.97 Å². The highest BCUT2D eigenvalue weighted by molar-refractivity contribution is 5.87. The molecule has 21 heavy (non-hydrogen) atoms. The third kappa shape index (κ3) is 2.53. The van der Waals surface area contributed by atoms with Crippen molar-refractivity contribution < 1.29 is 9.53 Å². The van der Waals surface area contributed by atoms with E-state index in [4.69, 9.17) is 4.74 Å². The molecule has 3 rings (SSSR count). The molecule has 0 saturated carbocycles. The van der Waals surface area contributed by atoms with Gasteiger partial charge in [-0.1, -0.05) is 0 Å². The second kappa shape index (κ2) is 5.85. The van der Waals surface area contributed by atoms with E-state index >= 15 is 0 Å². The van der Waals surface area contributed by atoms with Crippen molar-refractivity contribution in [2.24, 2.45) is 0 Å². The van der Waals surface area contributed by atoms with Gasteiger partial charge in [-0.3, -0.25) is 4.79 Å². The van der Waals surface area contributed by atoms with Crippen molar-refractivity contribution in [1.29, 1.82) is 0 Å². The highest BCUT2D eigenvalue weighted by atomic mass is 16.5. The number of hydrogen-bond donors (Lipinski definition) is 1. The summed E-state index contributed by atoms with van der Waals surface area (Å²) in [6, 6.07) is 4.44. The van der Waals surface area contributed by atoms with Crippen LogP contribution >= 0.6 is 0 Å². The Morgan fingerprint density at radius 1 is 1.57 bits per heavy atom. The molecule has 0 aromatic carbocycles. The zero-order valence-corrected chi connectivity index (χ0v) is 12.6. The maximum absolute atomic E-state index is 11.9. The second-order valence-corrected chi connectivity index (χ2v) is 5.42. The van der Waals surface area contributed by atoms with Crippen LogP contribution in [0.25, 0.3) is 11.0 Å². The Balaban J connectivity index is 2.05. The van der Waals surface area contributed by atoms with Crippen molar-refractivity contribution in [1.82, 2.24) is 14.9 Å². The number of hydrogen-bond acceptors (Lipinski definition) is 4. The predicted octanol–water partition coefficient (Wildman–Crippen LogP) is 1.68. The Kier molecular flexibility index (Phi) is 3.92. The third-order valence-electron chi connectivity index (χ3n) is 4.21. The molecule has 0 amide bonds. The van der Waals surface area contributed by atoms with Crippen LogP contribution in [0, 0.1) is 0 Å². The van der Waals surface area contributed by atoms with Gasteiger partial charge >= 0.3 is 5.97 Å². The Hall–Kier alpha value is -1.88. The first-order valence-corrected chi connectivity index (χ1v) is 7.52. The summed E-state index contributed by atoms with van der Waals surface area (Å²) in [6.07, 6.45) is 4.20. The maximum atomic E-state index is 11.9. The van der Waals surface area contributed by atoms with E-state index in [0.29, 0.717) is 19.1 Å². The minimum absolute atomic E-state index is 0.160. The summed E-state index contributed by atoms with van der Waals surface area (Å²) < 4.78 is 7.37. The molecule has 1 atom stereocenters. The average Bonchev–Trinajstić information content (AvgIpc) is 2.81. The molecule has 1 N–H and O–H groups in total. The van der Waals surface area contributed by atoms with Gasteiger partial charge in [-0.2, -0.15) is 0 Å². The number of pyridine rings is 1. The van der Waals surface area contributed by atoms with Crippen LogP contribution in [-0.4, -0.2) is 35.2 Å². The Labute approximate surface area is 124 Å². The van der Waals surface area contributed by atoms with Gasteiger partial charge in [0.2, 0.25) is 0 Å². The maximum Gasteiger partial charge on any atom is 0.310 e. The normalized spacial score (nSPS) is 17.7. The van der Waals surface area contributed by atoms with E-state index in [1.807, 2.05) is 26.2 Å². The van der Waals surface area contributed by atoms with Crippen molar-refractivity contribution in [3.63, 3.8) is 0 Å². The number of nitrogens with zero attached hydrogens (tertiary/aromatic N) is 2. The van der Waals surface area contributed by atoms with Crippen molar-refractivity contribution in [2.75, 3.05) is 13.7 Å². The van der Waals surface area contributed by atoms with Crippen molar-refractivity contribution >= 4 is 17.0 Å². The van der Waals surface area contributed by atoms with Crippen LogP contribution < -0.4 is 5.32 Å². The van der Waals surface area contributed by atoms with Gasteiger partial charge in [0.25, 0.3) is 0 Å². The number of carbonyl (C=O) groups is 1. The lowest BCUT2D eigenvalue weighted by Gasteiger charge is -2.25. The van der Waals surface area contributed by atoms with Gasteiger partial charge in [-0.25, -0.2) is 4.98 Å². The minimum atomic E-state index is -0.160. The van der Waals surface area contributed by atoms with Crippen LogP contribution in [0.15, 0.2) is 18.3 Å². The lowest BCUT2D eigenvalue weighted by Crippen LogP contribution is -2.35. The molecular weight excluding hydrogens is 266 g/mol. The second-order valence-electron chi connectivity index (χ2n) is 5.42. The number of nitrogens with one attached hydrogen (secondary N) is 1. The van der Waals surface area contributed by atoms with Crippen molar-refractivity contribution in [3.8, 4) is 0 Å². The molecule has 1 aliphatic heterocycles. The molecule has 112 valence electrons. The predicted molar refractivity (Wildman–Crippen MR) is 81.2 cm³/mol. The fourth-order valence-corrected chi connectivity index (χ4v) is 3.19. The van der Waals surface area contributed by atoms with Crippen molar-refractivity contribution in [2.45, 2.75) is 38.8 Å². The number of fused-ring (bicyclic) bond motifs is 3. The Morgan fingerprint density at radius 2 is 2.43 bits per heavy atom. The molecule has 2 aromatic heterocycles. The minimum Gasteiger partial charge on any atom is -0.466 e. The topological polar surface area (TPSA) is 56.2 Å². The largest absolute Gasteiger partial charge is 0.466 e. The molecule has 0 bridgehead atoms. The number of likely N-dealkylation sites (N-methyl/N-ethyl adjacent to an activating group) is 1. The highest BCUT2D eigenvalue weighted by Crippen LogP contribution is 2.30. The first-order chi connectivity index (χ1) is 10.2. The molecule has 0 aliphatic carbocycles. The molecule has 5 heteroatoms. The average molecular weight is 287 g/mol. The van der Waals surface area contributed by atoms with Crippen molar-refractivity contribution in [3.05, 3.63) is 29.6 Å². The zero-order valence-electron chi connectivity index (χ0n) is 12.6. The summed E-state index contributed by atoms with van der Waals surface area (Å²) >= 11 is 0. The number of esters is 1. The highest BCUT2D eigenvalue weighted by Gasteiger charge is 2.25. The Morgan fingerprint density at radius 3 is 3.19 bits per heavy atom. The summed E-state index contributed by atoms with van der Waals surface area (Å²) in [4.78, 5) is 16.4. The van der Waals surface area contributed by atoms with E-state index in [0.717, 1.165) is 36.0 Å². The summed E-state index contributed by atoms with van der Waals surface area (Å²) in [5.74, 6) is -0.160. The quantitative estimate of drug-likeness (QED) is 0.869. The van der Waals surface area contributed by atoms with Crippen LogP contribution in [0.1, 0.15) is 24.6 Å². The summed E-state index contributed by atoms with van der Waals surface area (Å²) in [5, 5.41) is 4.42. The summed E-state index contributed by atoms with van der Waals surface area (Å²) in [6.45, 7) is 3.17. The molecule has 0 spiro atoms. The lowest BCUT2D eigenvalue weighted by atomic mass is 10.0. The molecule has 2 aromatic rings. The van der Waals surface area contributed by atoms with Gasteiger partial charge < -0.3 is 14.6 Å². The van der Waals surface area contributed by atoms with E-state index < -0.39 is 0 Å². The van der Waals surface area contributed by atoms with Crippen LogP contribution in [0.4, 0.5) is 0 Å². The van der Waals surface area contributed by atoms with Gasteiger partial charge in [0, 0.05) is 29.9 Å². The summed E-state index contributed by atoms with van der Waals surface area (Å²) in [7, 11) is 1.99. The van der Waals surface area contributed by atoms with E-state index in [9.17, 15) is 4.79 Å². The third-order valence-corrected chi connectivity index (χ3v) is 4.21. The standard InChI is InChI=1S/C16H21N3O2/c1-3-21-15(20)9-13-12-5-4-8-18-16(12)19-10-11(17-2)6-7-14(13)19/h4-5,8,11,17H,3,6-7,9-10H2,1-2H3. The molecular formula is C16H21N3O2. The lowest BCUT2D eigenvalue weighted by molar-refractivity contribution is -0.142. The van der Waals surface area contributed by atoms with E-state index in [1.54, 1.807) is 0 Å². The number of ether oxygens (including phenoxy) is 1. The molecule has 0 saturated heterocycles. The van der Waals surface area contributed by atoms with Gasteiger partial charge in [-0.05, 0) is 44.5 Å². The van der Waals surface area contributed by atoms with Crippen LogP contribution in [-0.2, 0) is 28.9 Å². The van der Waals surface area contributed by atoms with Crippen LogP contribution in [0.5, 0.6) is 0 Å². The first kappa shape index (κ1) is 14.1. The van der Waals surface area contributed by atoms with Gasteiger partial charge in [0.05, 0.1) is 13.0 Å². The first-order valence-electron chi connectivity index (χ1n) is 7.52. The van der Waals surface area contributed by atoms with Gasteiger partial charge in [0.15, 0.2) is 0 Å². The van der Waals surface area contributed by atoms with E-state index in [2.05, 4.69) is 20.9 Å². The zero-order chi connectivity index (χ0) is 14.8. The fourth-order valence-electron chi connectivity index (χ4n) is 3.19. The molecule has 0 radical (unpaired) electrons. The number of rotatable bonds is 4.